The number of thiazole rings is 1. The molecule has 0 fully saturated rings. The van der Waals surface area contributed by atoms with Gasteiger partial charge in [-0.2, -0.15) is 10.8 Å². The molecule has 4 heterocycles. The maximum atomic E-state index is 14.2. The first-order valence-corrected chi connectivity index (χ1v) is 12.7. The highest BCUT2D eigenvalue weighted by atomic mass is 35.5. The van der Waals surface area contributed by atoms with Crippen LogP contribution >= 0.6 is 22.9 Å². The van der Waals surface area contributed by atoms with Crippen molar-refractivity contribution < 1.29 is 4.39 Å². The second-order valence-electron chi connectivity index (χ2n) is 8.55. The number of rotatable bonds is 6. The van der Waals surface area contributed by atoms with E-state index in [0.717, 1.165) is 21.5 Å². The summed E-state index contributed by atoms with van der Waals surface area (Å²) >= 11 is 8.26. The van der Waals surface area contributed by atoms with Crippen molar-refractivity contribution in [2.45, 2.75) is 13.0 Å². The summed E-state index contributed by atoms with van der Waals surface area (Å²) < 4.78 is 15.3. The van der Waals surface area contributed by atoms with Gasteiger partial charge in [0.15, 0.2) is 0 Å². The van der Waals surface area contributed by atoms with Crippen LogP contribution in [-0.4, -0.2) is 15.0 Å². The molecule has 0 unspecified atom stereocenters. The van der Waals surface area contributed by atoms with Crippen molar-refractivity contribution in [1.82, 2.24) is 31.3 Å². The number of anilines is 3. The lowest BCUT2D eigenvalue weighted by molar-refractivity contribution is 0.584. The predicted molar refractivity (Wildman–Crippen MR) is 147 cm³/mol. The van der Waals surface area contributed by atoms with E-state index < -0.39 is 5.82 Å². The molecule has 1 aliphatic heterocycles. The molecule has 1 atom stereocenters. The Labute approximate surface area is 225 Å². The number of hydrogen-bond acceptors (Lipinski definition) is 10. The van der Waals surface area contributed by atoms with Crippen LogP contribution in [0.25, 0.3) is 21.1 Å². The first kappa shape index (κ1) is 23.9. The van der Waals surface area contributed by atoms with Crippen molar-refractivity contribution in [2.24, 2.45) is 0 Å². The SMILES string of the molecule is Cc1ncc(Nc2c(C#N)cnc3c(Cl)cc(N[C@H](C4=CNNN4)c4cccc5ncsc45)cc23)cc1F. The number of nitrogens with zero attached hydrogens (tertiary/aromatic N) is 4. The molecule has 38 heavy (non-hydrogen) atoms. The van der Waals surface area contributed by atoms with Crippen molar-refractivity contribution in [3.8, 4) is 6.07 Å². The molecule has 5 N–H and O–H groups in total. The molecule has 0 saturated heterocycles. The van der Waals surface area contributed by atoms with Gasteiger partial charge in [-0.15, -0.1) is 11.3 Å². The number of halogens is 2. The summed E-state index contributed by atoms with van der Waals surface area (Å²) in [5.41, 5.74) is 16.2. The maximum Gasteiger partial charge on any atom is 0.146 e. The Morgan fingerprint density at radius 1 is 1.13 bits per heavy atom. The Bertz CT molecular complexity index is 1780. The van der Waals surface area contributed by atoms with Crippen LogP contribution in [-0.2, 0) is 0 Å². The fourth-order valence-corrected chi connectivity index (χ4v) is 5.42. The third kappa shape index (κ3) is 4.31. The highest BCUT2D eigenvalue weighted by Gasteiger charge is 2.23. The van der Waals surface area contributed by atoms with Crippen molar-refractivity contribution in [3.05, 3.63) is 93.9 Å². The van der Waals surface area contributed by atoms with E-state index in [1.54, 1.807) is 24.3 Å². The molecule has 12 heteroatoms. The van der Waals surface area contributed by atoms with Crippen LogP contribution in [0.4, 0.5) is 21.5 Å². The van der Waals surface area contributed by atoms with Gasteiger partial charge < -0.3 is 21.5 Å². The molecule has 0 aliphatic carbocycles. The molecule has 1 aliphatic rings. The van der Waals surface area contributed by atoms with Gasteiger partial charge in [-0.05, 0) is 30.7 Å². The van der Waals surface area contributed by atoms with Crippen LogP contribution < -0.4 is 27.0 Å². The summed E-state index contributed by atoms with van der Waals surface area (Å²) in [5, 5.41) is 17.5. The Balaban J connectivity index is 1.47. The Morgan fingerprint density at radius 2 is 2.03 bits per heavy atom. The minimum Gasteiger partial charge on any atom is -0.373 e. The maximum absolute atomic E-state index is 14.2. The highest BCUT2D eigenvalue weighted by Crippen LogP contribution is 2.38. The summed E-state index contributed by atoms with van der Waals surface area (Å²) in [4.78, 5) is 12.9. The second kappa shape index (κ2) is 9.75. The van der Waals surface area contributed by atoms with Crippen molar-refractivity contribution >= 4 is 61.1 Å². The molecule has 0 spiro atoms. The fraction of sp³-hybridized carbons (Fsp3) is 0.0769. The van der Waals surface area contributed by atoms with E-state index in [4.69, 9.17) is 11.6 Å². The molecule has 0 bridgehead atoms. The Morgan fingerprint density at radius 3 is 2.82 bits per heavy atom. The minimum absolute atomic E-state index is 0.283. The number of nitrogens with one attached hydrogen (secondary N) is 5. The van der Waals surface area contributed by atoms with Crippen LogP contribution in [0.1, 0.15) is 22.9 Å². The molecule has 0 amide bonds. The quantitative estimate of drug-likeness (QED) is 0.187. The van der Waals surface area contributed by atoms with E-state index in [1.165, 1.54) is 18.5 Å². The average Bonchev–Trinajstić information content (AvgIpc) is 3.62. The molecular weight excluding hydrogens is 525 g/mol. The zero-order chi connectivity index (χ0) is 26.2. The van der Waals surface area contributed by atoms with Gasteiger partial charge in [-0.25, -0.2) is 9.37 Å². The number of aryl methyl sites for hydroxylation is 1. The van der Waals surface area contributed by atoms with Crippen LogP contribution in [0.5, 0.6) is 0 Å². The van der Waals surface area contributed by atoms with E-state index >= 15 is 0 Å². The van der Waals surface area contributed by atoms with Crippen LogP contribution in [0.3, 0.4) is 0 Å². The predicted octanol–water partition coefficient (Wildman–Crippen LogP) is 5.56. The molecule has 0 saturated carbocycles. The van der Waals surface area contributed by atoms with Gasteiger partial charge in [0.25, 0.3) is 0 Å². The van der Waals surface area contributed by atoms with Gasteiger partial charge in [0.05, 0.1) is 66.8 Å². The number of hydrazine groups is 2. The van der Waals surface area contributed by atoms with E-state index in [-0.39, 0.29) is 17.3 Å². The number of pyridine rings is 2. The largest absolute Gasteiger partial charge is 0.373 e. The lowest BCUT2D eigenvalue weighted by Gasteiger charge is -2.23. The lowest BCUT2D eigenvalue weighted by atomic mass is 10.0. The molecule has 188 valence electrons. The number of aromatic nitrogens is 3. The summed E-state index contributed by atoms with van der Waals surface area (Å²) in [6.07, 6.45) is 4.79. The molecule has 2 aromatic carbocycles. The van der Waals surface area contributed by atoms with Crippen LogP contribution in [0, 0.1) is 24.1 Å². The molecule has 5 aromatic rings. The number of nitriles is 1. The first-order chi connectivity index (χ1) is 18.5. The average molecular weight is 544 g/mol. The number of hydrogen-bond donors (Lipinski definition) is 5. The molecule has 3 aromatic heterocycles. The van der Waals surface area contributed by atoms with Crippen molar-refractivity contribution in [2.75, 3.05) is 10.6 Å². The molecule has 6 rings (SSSR count). The van der Waals surface area contributed by atoms with Gasteiger partial charge in [0.2, 0.25) is 0 Å². The van der Waals surface area contributed by atoms with Crippen molar-refractivity contribution in [1.29, 1.82) is 5.26 Å². The van der Waals surface area contributed by atoms with E-state index in [9.17, 15) is 9.65 Å². The smallest absolute Gasteiger partial charge is 0.146 e. The fourth-order valence-electron chi connectivity index (χ4n) is 4.32. The number of benzene rings is 2. The molecular formula is C26H19ClFN9S. The van der Waals surface area contributed by atoms with Crippen molar-refractivity contribution in [3.63, 3.8) is 0 Å². The Kier molecular flexibility index (Phi) is 6.13. The van der Waals surface area contributed by atoms with E-state index in [0.29, 0.717) is 33.0 Å². The zero-order valence-corrected chi connectivity index (χ0v) is 21.4. The van der Waals surface area contributed by atoms with Gasteiger partial charge in [-0.1, -0.05) is 23.7 Å². The Hall–Kier alpha value is -4.50. The minimum atomic E-state index is -0.452. The second-order valence-corrected chi connectivity index (χ2v) is 9.81. The van der Waals surface area contributed by atoms with E-state index in [1.807, 2.05) is 36.0 Å². The zero-order valence-electron chi connectivity index (χ0n) is 19.8. The summed E-state index contributed by atoms with van der Waals surface area (Å²) in [5.74, 6) is -0.452. The first-order valence-electron chi connectivity index (χ1n) is 11.5. The summed E-state index contributed by atoms with van der Waals surface area (Å²) in [6.45, 7) is 1.59. The topological polar surface area (TPSA) is 123 Å². The van der Waals surface area contributed by atoms with Gasteiger partial charge in [0, 0.05) is 29.5 Å². The third-order valence-electron chi connectivity index (χ3n) is 6.17. The summed E-state index contributed by atoms with van der Waals surface area (Å²) in [7, 11) is 0. The lowest BCUT2D eigenvalue weighted by Crippen LogP contribution is -2.33. The molecule has 0 radical (unpaired) electrons. The van der Waals surface area contributed by atoms with Crippen LogP contribution in [0.2, 0.25) is 5.02 Å². The highest BCUT2D eigenvalue weighted by molar-refractivity contribution is 7.17. The van der Waals surface area contributed by atoms with E-state index in [2.05, 4.69) is 48.0 Å². The third-order valence-corrected chi connectivity index (χ3v) is 7.35. The monoisotopic (exact) mass is 543 g/mol. The normalized spacial score (nSPS) is 13.5. The standard InChI is InChI=1S/C26H19ClFN9S/c1-13-20(28)7-16(10-30-13)35-23-14(8-29)9-31-24-18(23)5-15(6-19(24)27)34-25(22-11-33-37-36-22)17-3-2-4-21-26(17)38-12-32-21/h2-7,9-12,25,33-34,36-37H,1H3,(H,31,35)/t25-/m0/s1. The molecule has 9 nitrogen and oxygen atoms in total. The van der Waals surface area contributed by atoms with Crippen LogP contribution in [0.15, 0.2) is 66.2 Å². The summed E-state index contributed by atoms with van der Waals surface area (Å²) in [6, 6.07) is 12.8. The van der Waals surface area contributed by atoms with Gasteiger partial charge >= 0.3 is 0 Å². The van der Waals surface area contributed by atoms with Gasteiger partial charge in [0.1, 0.15) is 11.9 Å². The number of fused-ring (bicyclic) bond motifs is 2. The van der Waals surface area contributed by atoms with Gasteiger partial charge in [-0.3, -0.25) is 9.97 Å².